The first-order valence-electron chi connectivity index (χ1n) is 14.6. The number of fused-ring (bicyclic) bond motifs is 2. The first-order valence-corrected chi connectivity index (χ1v) is 18.7. The number of rotatable bonds is 2. The van der Waals surface area contributed by atoms with Gasteiger partial charge < -0.3 is 48.7 Å². The Bertz CT molecular complexity index is 1370. The maximum atomic E-state index is 8.89. The van der Waals surface area contributed by atoms with Crippen LogP contribution in [0.4, 0.5) is 0 Å². The first-order chi connectivity index (χ1) is 22.9. The van der Waals surface area contributed by atoms with Crippen molar-refractivity contribution in [2.24, 2.45) is 10.8 Å². The Kier molecular flexibility index (Phi) is 55.5. The fourth-order valence-corrected chi connectivity index (χ4v) is 5.25. The Labute approximate surface area is 385 Å². The molecular weight excluding hydrogens is 1020 g/mol. The van der Waals surface area contributed by atoms with Gasteiger partial charge in [-0.15, -0.1) is 46.4 Å². The molecular formula is C34H48Cl4Cu4N2O8P2. The topological polar surface area (TPSA) is 170 Å². The van der Waals surface area contributed by atoms with Crippen molar-refractivity contribution in [2.75, 3.05) is 10.7 Å². The van der Waals surface area contributed by atoms with Crippen LogP contribution in [0.5, 0.6) is 0 Å². The molecule has 0 aliphatic rings. The van der Waals surface area contributed by atoms with E-state index < -0.39 is 23.9 Å². The van der Waals surface area contributed by atoms with Crippen molar-refractivity contribution in [2.45, 2.75) is 82.3 Å². The molecule has 10 nitrogen and oxygen atoms in total. The van der Waals surface area contributed by atoms with Crippen molar-refractivity contribution >= 4 is 108 Å². The number of aliphatic carboxylic acids is 4. The third kappa shape index (κ3) is 53.6. The quantitative estimate of drug-likeness (QED) is 0.164. The van der Waals surface area contributed by atoms with Crippen LogP contribution in [0.3, 0.4) is 0 Å². The van der Waals surface area contributed by atoms with Crippen LogP contribution in [0.1, 0.15) is 69.2 Å². The summed E-state index contributed by atoms with van der Waals surface area (Å²) < 4.78 is 4.74. The smallest absolute Gasteiger partial charge is 0.550 e. The minimum atomic E-state index is -1.08. The van der Waals surface area contributed by atoms with Crippen molar-refractivity contribution in [3.63, 3.8) is 0 Å². The van der Waals surface area contributed by atoms with Crippen LogP contribution in [-0.4, -0.2) is 43.7 Å². The van der Waals surface area contributed by atoms with Gasteiger partial charge in [0, 0.05) is 59.1 Å². The number of carbonyl (C=O) groups excluding carboxylic acids is 4. The summed E-state index contributed by atoms with van der Waals surface area (Å²) in [7, 11) is 2.66. The summed E-state index contributed by atoms with van der Waals surface area (Å²) in [6.07, 6.45) is 0. The van der Waals surface area contributed by atoms with Gasteiger partial charge in [-0.05, 0) is 79.2 Å². The van der Waals surface area contributed by atoms with Crippen molar-refractivity contribution in [1.29, 1.82) is 0 Å². The number of aromatic nitrogens is 2. The van der Waals surface area contributed by atoms with E-state index >= 15 is 0 Å². The Morgan fingerprint density at radius 2 is 0.704 bits per heavy atom. The first kappa shape index (κ1) is 71.2. The van der Waals surface area contributed by atoms with Gasteiger partial charge in [-0.1, -0.05) is 65.8 Å². The zero-order valence-electron chi connectivity index (χ0n) is 31.4. The average molecular weight is 1070 g/mol. The molecule has 2 aromatic heterocycles. The molecule has 2 aromatic carbocycles. The maximum Gasteiger partial charge on any atom is 1.00 e. The summed E-state index contributed by atoms with van der Waals surface area (Å²) in [5, 5.41) is 38.8. The average Bonchev–Trinajstić information content (AvgIpc) is 3.51. The number of para-hydroxylation sites is 2. The summed E-state index contributed by atoms with van der Waals surface area (Å²) in [5.41, 5.74) is 3.46. The van der Waals surface area contributed by atoms with Crippen molar-refractivity contribution in [1.82, 2.24) is 9.13 Å². The van der Waals surface area contributed by atoms with Crippen LogP contribution in [0.25, 0.3) is 21.3 Å². The number of halogens is 4. The number of hydrogen-bond donors (Lipinski definition) is 0. The van der Waals surface area contributed by atoms with E-state index in [9.17, 15) is 0 Å². The number of nitrogens with zero attached hydrogens (tertiary/aromatic N) is 2. The second-order valence-electron chi connectivity index (χ2n) is 12.0. The molecule has 20 heteroatoms. The van der Waals surface area contributed by atoms with E-state index in [1.807, 2.05) is 0 Å². The number of hydrogen-bond acceptors (Lipinski definition) is 8. The molecule has 54 heavy (non-hydrogen) atoms. The largest absolute Gasteiger partial charge is 1.00 e. The molecule has 0 unspecified atom stereocenters. The number of benzene rings is 2. The molecule has 0 aliphatic heterocycles. The van der Waals surface area contributed by atoms with Gasteiger partial charge in [0.15, 0.2) is 0 Å². The molecule has 0 fully saturated rings. The van der Waals surface area contributed by atoms with E-state index in [0.29, 0.717) is 10.8 Å². The zero-order valence-corrected chi connectivity index (χ0v) is 40.0. The molecule has 4 rings (SSSR count). The third-order valence-corrected chi connectivity index (χ3v) is 6.45. The minimum absolute atomic E-state index is 0. The van der Waals surface area contributed by atoms with Gasteiger partial charge in [0.2, 0.25) is 0 Å². The Balaban J connectivity index is -0.0000000819. The summed E-state index contributed by atoms with van der Waals surface area (Å²) in [4.78, 5) is 35.6. The molecule has 0 saturated carbocycles. The van der Waals surface area contributed by atoms with Gasteiger partial charge in [-0.2, -0.15) is 0 Å². The molecule has 4 aromatic rings. The Hall–Kier alpha value is -0.502. The van der Waals surface area contributed by atoms with Crippen molar-refractivity contribution in [3.05, 3.63) is 60.4 Å². The van der Waals surface area contributed by atoms with E-state index in [4.69, 9.17) is 86.0 Å². The van der Waals surface area contributed by atoms with E-state index in [1.54, 1.807) is 0 Å². The summed E-state index contributed by atoms with van der Waals surface area (Å²) >= 11 is 19.1. The molecule has 0 amide bonds. The normalized spacial score (nSPS) is 9.15. The molecule has 2 heterocycles. The summed E-state index contributed by atoms with van der Waals surface area (Å²) in [6.45, 7) is 19.7. The second-order valence-corrected chi connectivity index (χ2v) is 15.6. The van der Waals surface area contributed by atoms with Crippen LogP contribution in [0, 0.1) is 10.8 Å². The van der Waals surface area contributed by atoms with Gasteiger partial charge in [0.05, 0.1) is 21.7 Å². The molecule has 0 radical (unpaired) electrons. The van der Waals surface area contributed by atoms with E-state index in [-0.39, 0.29) is 79.0 Å². The Morgan fingerprint density at radius 3 is 0.889 bits per heavy atom. The van der Waals surface area contributed by atoms with Gasteiger partial charge in [-0.3, -0.25) is 0 Å². The van der Waals surface area contributed by atoms with Crippen LogP contribution in [0.15, 0.2) is 60.4 Å². The molecule has 0 aliphatic carbocycles. The molecule has 0 N–H and O–H groups in total. The number of carboxylic acid groups (broad SMARTS) is 4. The third-order valence-electron chi connectivity index (χ3n) is 4.34. The molecule has 0 spiro atoms. The van der Waals surface area contributed by atoms with Crippen LogP contribution in [-0.2, 0) is 101 Å². The van der Waals surface area contributed by atoms with Gasteiger partial charge in [-0.25, -0.2) is 0 Å². The fourth-order valence-electron chi connectivity index (χ4n) is 3.29. The molecule has 0 saturated heterocycles. The second kappa shape index (κ2) is 42.1. The monoisotopic (exact) mass is 1070 g/mol. The number of carboxylic acids is 4. The molecule has 0 bridgehead atoms. The van der Waals surface area contributed by atoms with Gasteiger partial charge >= 0.3 is 68.3 Å². The molecule has 0 atom stereocenters. The van der Waals surface area contributed by atoms with Crippen LogP contribution >= 0.6 is 62.8 Å². The summed E-state index contributed by atoms with van der Waals surface area (Å²) in [6, 6.07) is 17.3. The summed E-state index contributed by atoms with van der Waals surface area (Å²) in [5.74, 6) is 0.214. The number of alkyl halides is 4. The minimum Gasteiger partial charge on any atom is -0.550 e. The predicted octanol–water partition coefficient (Wildman–Crippen LogP) is 6.39. The van der Waals surface area contributed by atoms with Crippen LogP contribution in [0.2, 0.25) is 0 Å². The predicted molar refractivity (Wildman–Crippen MR) is 204 cm³/mol. The van der Waals surface area contributed by atoms with Crippen LogP contribution < -0.4 is 20.4 Å². The van der Waals surface area contributed by atoms with E-state index in [0.717, 1.165) is 40.8 Å². The maximum absolute atomic E-state index is 8.89. The van der Waals surface area contributed by atoms with E-state index in [2.05, 4.69) is 111 Å². The fraction of sp³-hybridized carbons (Fsp3) is 0.471. The van der Waals surface area contributed by atoms with Crippen molar-refractivity contribution in [3.8, 4) is 0 Å². The zero-order chi connectivity index (χ0) is 40.1. The Morgan fingerprint density at radius 1 is 0.519 bits per heavy atom. The molecule has 324 valence electrons. The standard InChI is InChI=1S/2C12H16NP.4C2H4O2.2CH2Cl2.4Cu/c2*1-12(2,3)8-13-9-14-11-7-5-4-6-10(11)13;4*1-2(3)4;2*2-1-3;;;;/h2*4-7,9H,8H2,1-3H3;4*1H3,(H,3,4);2*1H2;;;;/q;;;;;;;;4*+1/p-4. The van der Waals surface area contributed by atoms with Crippen molar-refractivity contribution < 1.29 is 108 Å². The van der Waals surface area contributed by atoms with E-state index in [1.165, 1.54) is 37.7 Å². The van der Waals surface area contributed by atoms with Gasteiger partial charge in [0.25, 0.3) is 0 Å². The number of carbonyl (C=O) groups is 4. The van der Waals surface area contributed by atoms with Gasteiger partial charge in [0.1, 0.15) is 0 Å². The SMILES string of the molecule is CC(=O)[O-].CC(=O)[O-].CC(=O)[O-].CC(=O)[O-].CC(C)(C)Cn1cpc2ccccc21.CC(C)(C)Cn1cpc2ccccc21.ClCCl.ClCCl.[Cu+].[Cu+].[Cu+].[Cu+].